The summed E-state index contributed by atoms with van der Waals surface area (Å²) in [7, 11) is 0. The first-order valence-electron chi connectivity index (χ1n) is 7.26. The van der Waals surface area contributed by atoms with Crippen molar-refractivity contribution in [1.29, 1.82) is 0 Å². The fraction of sp³-hybridized carbons (Fsp3) is 0.467. The van der Waals surface area contributed by atoms with Crippen molar-refractivity contribution in [2.45, 2.75) is 31.7 Å². The van der Waals surface area contributed by atoms with E-state index < -0.39 is 0 Å². The number of amides is 1. The lowest BCUT2D eigenvalue weighted by Gasteiger charge is -2.22. The van der Waals surface area contributed by atoms with E-state index in [0.717, 1.165) is 37.1 Å². The number of halogens is 2. The smallest absolute Gasteiger partial charge is 0.237 e. The topological polar surface area (TPSA) is 58.4 Å². The molecule has 0 aliphatic carbocycles. The van der Waals surface area contributed by atoms with Crippen LogP contribution in [0.2, 0.25) is 0 Å². The average molecular weight is 345 g/mol. The number of hydrogen-bond acceptors (Lipinski definition) is 3. The molecule has 1 amide bonds. The standard InChI is InChI=1S/C15H20N4O.2ClH/c20-15(13-5-1-3-8-16-13)17-9-7-12-11-19-10-4-2-6-14(19)18-12;;/h2,4,6,10-11,13,16H,1,3,5,7-9H2,(H,17,20);2*1H. The average Bonchev–Trinajstić information content (AvgIpc) is 2.90. The molecule has 0 aromatic carbocycles. The lowest BCUT2D eigenvalue weighted by Crippen LogP contribution is -2.47. The Balaban J connectivity index is 0.00000121. The van der Waals surface area contributed by atoms with Gasteiger partial charge in [0.1, 0.15) is 5.65 Å². The highest BCUT2D eigenvalue weighted by Gasteiger charge is 2.19. The number of fused-ring (bicyclic) bond motifs is 1. The molecule has 0 radical (unpaired) electrons. The van der Waals surface area contributed by atoms with Gasteiger partial charge in [0.15, 0.2) is 0 Å². The van der Waals surface area contributed by atoms with Gasteiger partial charge in [0.25, 0.3) is 0 Å². The largest absolute Gasteiger partial charge is 0.354 e. The van der Waals surface area contributed by atoms with Crippen LogP contribution < -0.4 is 10.6 Å². The third kappa shape index (κ3) is 4.60. The second-order valence-electron chi connectivity index (χ2n) is 5.24. The van der Waals surface area contributed by atoms with Gasteiger partial charge in [-0.1, -0.05) is 12.5 Å². The van der Waals surface area contributed by atoms with Crippen LogP contribution in [0.3, 0.4) is 0 Å². The maximum Gasteiger partial charge on any atom is 0.237 e. The van der Waals surface area contributed by atoms with E-state index in [1.54, 1.807) is 0 Å². The Morgan fingerprint density at radius 2 is 2.23 bits per heavy atom. The summed E-state index contributed by atoms with van der Waals surface area (Å²) in [4.78, 5) is 16.5. The van der Waals surface area contributed by atoms with Crippen molar-refractivity contribution in [3.8, 4) is 0 Å². The van der Waals surface area contributed by atoms with Gasteiger partial charge >= 0.3 is 0 Å². The third-order valence-corrected chi connectivity index (χ3v) is 3.72. The summed E-state index contributed by atoms with van der Waals surface area (Å²) in [5.74, 6) is 0.119. The fourth-order valence-corrected chi connectivity index (χ4v) is 2.62. The molecule has 2 aromatic rings. The van der Waals surface area contributed by atoms with Crippen molar-refractivity contribution < 1.29 is 4.79 Å². The molecule has 7 heteroatoms. The Kier molecular flexibility index (Phi) is 7.65. The molecule has 2 aromatic heterocycles. The van der Waals surface area contributed by atoms with Crippen LogP contribution in [0.15, 0.2) is 30.6 Å². The van der Waals surface area contributed by atoms with Crippen molar-refractivity contribution in [2.24, 2.45) is 0 Å². The first-order chi connectivity index (χ1) is 9.83. The molecule has 0 saturated carbocycles. The zero-order valence-electron chi connectivity index (χ0n) is 12.3. The van der Waals surface area contributed by atoms with Crippen LogP contribution in [-0.4, -0.2) is 34.4 Å². The number of pyridine rings is 1. The van der Waals surface area contributed by atoms with Crippen LogP contribution in [0.1, 0.15) is 25.0 Å². The monoisotopic (exact) mass is 344 g/mol. The third-order valence-electron chi connectivity index (χ3n) is 3.72. The quantitative estimate of drug-likeness (QED) is 0.891. The van der Waals surface area contributed by atoms with Crippen LogP contribution in [-0.2, 0) is 11.2 Å². The van der Waals surface area contributed by atoms with E-state index in [2.05, 4.69) is 15.6 Å². The highest BCUT2D eigenvalue weighted by Crippen LogP contribution is 2.07. The minimum absolute atomic E-state index is 0. The fourth-order valence-electron chi connectivity index (χ4n) is 2.62. The van der Waals surface area contributed by atoms with Gasteiger partial charge in [-0.3, -0.25) is 4.79 Å². The number of piperidine rings is 1. The van der Waals surface area contributed by atoms with Crippen LogP contribution in [0.5, 0.6) is 0 Å². The summed E-state index contributed by atoms with van der Waals surface area (Å²) in [6, 6.07) is 5.93. The Morgan fingerprint density at radius 3 is 2.95 bits per heavy atom. The van der Waals surface area contributed by atoms with Crippen LogP contribution in [0.4, 0.5) is 0 Å². The SMILES string of the molecule is Cl.Cl.O=C(NCCc1cn2ccccc2n1)C1CCCCN1. The van der Waals surface area contributed by atoms with Crippen molar-refractivity contribution in [1.82, 2.24) is 20.0 Å². The normalized spacial score (nSPS) is 17.4. The molecule has 1 unspecified atom stereocenters. The number of aromatic nitrogens is 2. The second kappa shape index (κ2) is 8.98. The summed E-state index contributed by atoms with van der Waals surface area (Å²) < 4.78 is 2.00. The van der Waals surface area contributed by atoms with Gasteiger partial charge in [-0.2, -0.15) is 0 Å². The molecule has 1 saturated heterocycles. The Labute approximate surface area is 142 Å². The molecule has 22 heavy (non-hydrogen) atoms. The maximum atomic E-state index is 12.0. The predicted molar refractivity (Wildman–Crippen MR) is 92.0 cm³/mol. The van der Waals surface area contributed by atoms with Crippen molar-refractivity contribution >= 4 is 36.4 Å². The van der Waals surface area contributed by atoms with Crippen molar-refractivity contribution in [3.63, 3.8) is 0 Å². The van der Waals surface area contributed by atoms with E-state index in [0.29, 0.717) is 6.54 Å². The zero-order valence-corrected chi connectivity index (χ0v) is 14.0. The van der Waals surface area contributed by atoms with Gasteiger partial charge in [0, 0.05) is 25.4 Å². The van der Waals surface area contributed by atoms with E-state index in [9.17, 15) is 4.79 Å². The van der Waals surface area contributed by atoms with Crippen molar-refractivity contribution in [3.05, 3.63) is 36.3 Å². The van der Waals surface area contributed by atoms with Crippen molar-refractivity contribution in [2.75, 3.05) is 13.1 Å². The van der Waals surface area contributed by atoms with E-state index in [1.165, 1.54) is 6.42 Å². The summed E-state index contributed by atoms with van der Waals surface area (Å²) >= 11 is 0. The van der Waals surface area contributed by atoms with Gasteiger partial charge in [-0.25, -0.2) is 4.98 Å². The Hall–Kier alpha value is -1.30. The minimum Gasteiger partial charge on any atom is -0.354 e. The lowest BCUT2D eigenvalue weighted by atomic mass is 10.0. The highest BCUT2D eigenvalue weighted by atomic mass is 35.5. The highest BCUT2D eigenvalue weighted by molar-refractivity contribution is 5.85. The van der Waals surface area contributed by atoms with Gasteiger partial charge in [-0.15, -0.1) is 24.8 Å². The molecule has 1 aliphatic rings. The number of nitrogens with one attached hydrogen (secondary N) is 2. The second-order valence-corrected chi connectivity index (χ2v) is 5.24. The number of rotatable bonds is 4. The number of hydrogen-bond donors (Lipinski definition) is 2. The minimum atomic E-state index is -0.00943. The zero-order chi connectivity index (χ0) is 13.8. The molecule has 1 atom stereocenters. The molecule has 5 nitrogen and oxygen atoms in total. The summed E-state index contributed by atoms with van der Waals surface area (Å²) in [5, 5.41) is 6.25. The van der Waals surface area contributed by atoms with E-state index >= 15 is 0 Å². The number of imidazole rings is 1. The van der Waals surface area contributed by atoms with Gasteiger partial charge in [-0.05, 0) is 31.5 Å². The molecule has 2 N–H and O–H groups in total. The van der Waals surface area contributed by atoms with Crippen LogP contribution >= 0.6 is 24.8 Å². The summed E-state index contributed by atoms with van der Waals surface area (Å²) in [5.41, 5.74) is 1.95. The molecule has 0 bridgehead atoms. The van der Waals surface area contributed by atoms with Gasteiger partial charge in [0.05, 0.1) is 11.7 Å². The van der Waals surface area contributed by atoms with E-state index in [1.807, 2.05) is 35.0 Å². The maximum absolute atomic E-state index is 12.0. The molecular weight excluding hydrogens is 323 g/mol. The van der Waals surface area contributed by atoms with E-state index in [-0.39, 0.29) is 36.8 Å². The molecule has 122 valence electrons. The number of carbonyl (C=O) groups is 1. The van der Waals surface area contributed by atoms with Gasteiger partial charge < -0.3 is 15.0 Å². The Morgan fingerprint density at radius 1 is 1.36 bits per heavy atom. The van der Waals surface area contributed by atoms with E-state index in [4.69, 9.17) is 0 Å². The molecule has 0 spiro atoms. The summed E-state index contributed by atoms with van der Waals surface area (Å²) in [6.07, 6.45) is 8.01. The number of carbonyl (C=O) groups excluding carboxylic acids is 1. The van der Waals surface area contributed by atoms with Crippen LogP contribution in [0.25, 0.3) is 5.65 Å². The molecule has 3 heterocycles. The number of nitrogens with zero attached hydrogens (tertiary/aromatic N) is 2. The summed E-state index contributed by atoms with van der Waals surface area (Å²) in [6.45, 7) is 1.59. The van der Waals surface area contributed by atoms with Crippen LogP contribution in [0, 0.1) is 0 Å². The molecular formula is C15H22Cl2N4O. The molecule has 1 fully saturated rings. The molecule has 1 aliphatic heterocycles. The van der Waals surface area contributed by atoms with Gasteiger partial charge in [0.2, 0.25) is 5.91 Å². The predicted octanol–water partition coefficient (Wildman–Crippen LogP) is 1.98. The first kappa shape index (κ1) is 18.7. The lowest BCUT2D eigenvalue weighted by molar-refractivity contribution is -0.123. The first-order valence-corrected chi connectivity index (χ1v) is 7.26. The molecule has 3 rings (SSSR count). The Bertz CT molecular complexity index is 563.